The van der Waals surface area contributed by atoms with E-state index in [4.69, 9.17) is 0 Å². The van der Waals surface area contributed by atoms with E-state index in [0.717, 1.165) is 36.9 Å². The Morgan fingerprint density at radius 2 is 1.83 bits per heavy atom. The Labute approximate surface area is 171 Å². The van der Waals surface area contributed by atoms with Gasteiger partial charge in [0.2, 0.25) is 11.8 Å². The van der Waals surface area contributed by atoms with Crippen molar-refractivity contribution in [3.05, 3.63) is 65.7 Å². The molecule has 0 bridgehead atoms. The van der Waals surface area contributed by atoms with Crippen LogP contribution in [0.3, 0.4) is 0 Å². The van der Waals surface area contributed by atoms with E-state index in [1.165, 1.54) is 19.1 Å². The maximum absolute atomic E-state index is 13.0. The maximum Gasteiger partial charge on any atom is 0.224 e. The minimum Gasteiger partial charge on any atom is -0.356 e. The van der Waals surface area contributed by atoms with Gasteiger partial charge in [-0.15, -0.1) is 0 Å². The molecule has 5 nitrogen and oxygen atoms in total. The molecule has 0 saturated heterocycles. The Morgan fingerprint density at radius 3 is 2.45 bits per heavy atom. The Kier molecular flexibility index (Phi) is 7.33. The molecule has 0 aliphatic heterocycles. The molecule has 1 saturated carbocycles. The highest BCUT2D eigenvalue weighted by atomic mass is 19.1. The zero-order valence-corrected chi connectivity index (χ0v) is 16.7. The van der Waals surface area contributed by atoms with E-state index in [0.29, 0.717) is 18.4 Å². The number of halogens is 1. The monoisotopic (exact) mass is 397 g/mol. The number of carbonyl (C=O) groups is 2. The van der Waals surface area contributed by atoms with E-state index in [2.05, 4.69) is 15.6 Å². The van der Waals surface area contributed by atoms with Crippen LogP contribution >= 0.6 is 0 Å². The number of hydrogen-bond donors (Lipinski definition) is 2. The molecule has 1 atom stereocenters. The second kappa shape index (κ2) is 10.1. The van der Waals surface area contributed by atoms with E-state index in [1.54, 1.807) is 18.3 Å². The van der Waals surface area contributed by atoms with Gasteiger partial charge in [-0.3, -0.25) is 14.6 Å². The smallest absolute Gasteiger partial charge is 0.224 e. The van der Waals surface area contributed by atoms with Crippen molar-refractivity contribution in [2.75, 3.05) is 6.54 Å². The van der Waals surface area contributed by atoms with Gasteiger partial charge in [0.05, 0.1) is 18.2 Å². The number of nitrogens with zero attached hydrogens (tertiary/aromatic N) is 1. The third-order valence-electron chi connectivity index (χ3n) is 5.59. The minimum absolute atomic E-state index is 0.0386. The summed E-state index contributed by atoms with van der Waals surface area (Å²) in [5, 5.41) is 6.07. The van der Waals surface area contributed by atoms with E-state index in [-0.39, 0.29) is 30.1 Å². The summed E-state index contributed by atoms with van der Waals surface area (Å²) in [4.78, 5) is 28.3. The Hall–Kier alpha value is -2.76. The van der Waals surface area contributed by atoms with Crippen LogP contribution in [0.25, 0.3) is 0 Å². The lowest BCUT2D eigenvalue weighted by atomic mass is 9.77. The van der Waals surface area contributed by atoms with Crippen LogP contribution in [0.2, 0.25) is 0 Å². The molecule has 2 N–H and O–H groups in total. The number of nitrogens with one attached hydrogen (secondary N) is 2. The number of pyridine rings is 1. The molecule has 1 aliphatic carbocycles. The normalized spacial score (nSPS) is 19.9. The lowest BCUT2D eigenvalue weighted by Crippen LogP contribution is -2.36. The molecule has 2 amide bonds. The van der Waals surface area contributed by atoms with Crippen molar-refractivity contribution < 1.29 is 14.0 Å². The highest BCUT2D eigenvalue weighted by Crippen LogP contribution is 2.36. The molecule has 0 spiro atoms. The fraction of sp³-hybridized carbons (Fsp3) is 0.435. The van der Waals surface area contributed by atoms with Gasteiger partial charge >= 0.3 is 0 Å². The first kappa shape index (κ1) is 21.0. The van der Waals surface area contributed by atoms with Crippen molar-refractivity contribution in [2.45, 2.75) is 45.1 Å². The molecule has 6 heteroatoms. The third-order valence-corrected chi connectivity index (χ3v) is 5.59. The fourth-order valence-electron chi connectivity index (χ4n) is 4.05. The van der Waals surface area contributed by atoms with Crippen LogP contribution in [-0.4, -0.2) is 23.3 Å². The Balaban J connectivity index is 1.47. The summed E-state index contributed by atoms with van der Waals surface area (Å²) in [7, 11) is 0. The molecular formula is C23H28FN3O2. The SMILES string of the molecule is CC(=O)NC(c1ccccn1)C1CCC(CNC(=O)Cc2ccc(F)cc2)CC1. The van der Waals surface area contributed by atoms with E-state index in [9.17, 15) is 14.0 Å². The summed E-state index contributed by atoms with van der Waals surface area (Å²) >= 11 is 0. The fourth-order valence-corrected chi connectivity index (χ4v) is 4.05. The third kappa shape index (κ3) is 6.38. The summed E-state index contributed by atoms with van der Waals surface area (Å²) < 4.78 is 13.0. The topological polar surface area (TPSA) is 71.1 Å². The Morgan fingerprint density at radius 1 is 1.10 bits per heavy atom. The van der Waals surface area contributed by atoms with Gasteiger partial charge in [-0.05, 0) is 67.3 Å². The summed E-state index contributed by atoms with van der Waals surface area (Å²) in [6, 6.07) is 11.7. The van der Waals surface area contributed by atoms with Gasteiger partial charge in [0, 0.05) is 19.7 Å². The molecule has 1 fully saturated rings. The van der Waals surface area contributed by atoms with Crippen LogP contribution in [0, 0.1) is 17.7 Å². The average molecular weight is 397 g/mol. The summed E-state index contributed by atoms with van der Waals surface area (Å²) in [5.74, 6) is 0.401. The predicted octanol–water partition coefficient (Wildman–Crippen LogP) is 3.56. The van der Waals surface area contributed by atoms with Crippen molar-refractivity contribution in [1.29, 1.82) is 0 Å². The number of benzene rings is 1. The molecule has 154 valence electrons. The van der Waals surface area contributed by atoms with Gasteiger partial charge in [0.1, 0.15) is 5.82 Å². The highest BCUT2D eigenvalue weighted by molar-refractivity contribution is 5.78. The number of amides is 2. The van der Waals surface area contributed by atoms with Gasteiger partial charge in [-0.25, -0.2) is 4.39 Å². The second-order valence-electron chi connectivity index (χ2n) is 7.82. The van der Waals surface area contributed by atoms with Crippen LogP contribution in [0.1, 0.15) is 49.9 Å². The predicted molar refractivity (Wildman–Crippen MR) is 109 cm³/mol. The van der Waals surface area contributed by atoms with Crippen molar-refractivity contribution in [1.82, 2.24) is 15.6 Å². The van der Waals surface area contributed by atoms with Crippen LogP contribution in [0.5, 0.6) is 0 Å². The molecule has 1 heterocycles. The molecule has 2 aromatic rings. The highest BCUT2D eigenvalue weighted by Gasteiger charge is 2.30. The molecule has 29 heavy (non-hydrogen) atoms. The van der Waals surface area contributed by atoms with Gasteiger partial charge < -0.3 is 10.6 Å². The van der Waals surface area contributed by atoms with Crippen molar-refractivity contribution in [3.8, 4) is 0 Å². The molecule has 3 rings (SSSR count). The number of aromatic nitrogens is 1. The first-order chi connectivity index (χ1) is 14.0. The molecule has 1 aliphatic rings. The molecular weight excluding hydrogens is 369 g/mol. The van der Waals surface area contributed by atoms with Crippen molar-refractivity contribution in [2.24, 2.45) is 11.8 Å². The molecule has 0 radical (unpaired) electrons. The summed E-state index contributed by atoms with van der Waals surface area (Å²) in [5.41, 5.74) is 1.71. The van der Waals surface area contributed by atoms with Crippen LogP contribution in [-0.2, 0) is 16.0 Å². The second-order valence-corrected chi connectivity index (χ2v) is 7.82. The quantitative estimate of drug-likeness (QED) is 0.750. The first-order valence-corrected chi connectivity index (χ1v) is 10.2. The number of hydrogen-bond acceptors (Lipinski definition) is 3. The molecule has 1 unspecified atom stereocenters. The summed E-state index contributed by atoms with van der Waals surface area (Å²) in [6.07, 6.45) is 6.00. The largest absolute Gasteiger partial charge is 0.356 e. The zero-order chi connectivity index (χ0) is 20.6. The van der Waals surface area contributed by atoms with Gasteiger partial charge in [0.15, 0.2) is 0 Å². The standard InChI is InChI=1S/C23H28FN3O2/c1-16(28)27-23(21-4-2-3-13-25-21)19-9-5-18(6-10-19)15-26-22(29)14-17-7-11-20(24)12-8-17/h2-4,7-8,11-13,18-19,23H,5-6,9-10,14-15H2,1H3,(H,26,29)(H,27,28). The average Bonchev–Trinajstić information content (AvgIpc) is 2.73. The van der Waals surface area contributed by atoms with E-state index >= 15 is 0 Å². The number of rotatable bonds is 7. The van der Waals surface area contributed by atoms with Crippen LogP contribution < -0.4 is 10.6 Å². The van der Waals surface area contributed by atoms with E-state index in [1.807, 2.05) is 18.2 Å². The molecule has 1 aromatic heterocycles. The minimum atomic E-state index is -0.297. The zero-order valence-electron chi connectivity index (χ0n) is 16.7. The Bertz CT molecular complexity index is 803. The van der Waals surface area contributed by atoms with Crippen molar-refractivity contribution >= 4 is 11.8 Å². The molecule has 1 aromatic carbocycles. The lowest BCUT2D eigenvalue weighted by Gasteiger charge is -2.34. The van der Waals surface area contributed by atoms with E-state index < -0.39 is 0 Å². The van der Waals surface area contributed by atoms with Crippen LogP contribution in [0.4, 0.5) is 4.39 Å². The maximum atomic E-state index is 13.0. The van der Waals surface area contributed by atoms with Gasteiger partial charge in [-0.1, -0.05) is 18.2 Å². The first-order valence-electron chi connectivity index (χ1n) is 10.2. The van der Waals surface area contributed by atoms with Crippen molar-refractivity contribution in [3.63, 3.8) is 0 Å². The van der Waals surface area contributed by atoms with Gasteiger partial charge in [0.25, 0.3) is 0 Å². The van der Waals surface area contributed by atoms with Crippen LogP contribution in [0.15, 0.2) is 48.7 Å². The number of carbonyl (C=O) groups excluding carboxylic acids is 2. The lowest BCUT2D eigenvalue weighted by molar-refractivity contribution is -0.121. The van der Waals surface area contributed by atoms with Gasteiger partial charge in [-0.2, -0.15) is 0 Å². The summed E-state index contributed by atoms with van der Waals surface area (Å²) in [6.45, 7) is 2.19.